The molecular weight excluding hydrogens is 432 g/mol. The lowest BCUT2D eigenvalue weighted by Gasteiger charge is -2.27. The van der Waals surface area contributed by atoms with Gasteiger partial charge in [0.05, 0.1) is 12.1 Å². The Balaban J connectivity index is 0.00000320. The van der Waals surface area contributed by atoms with Gasteiger partial charge in [0.25, 0.3) is 5.91 Å². The molecule has 1 aliphatic carbocycles. The van der Waals surface area contributed by atoms with Crippen molar-refractivity contribution in [2.45, 2.75) is 43.0 Å². The van der Waals surface area contributed by atoms with Gasteiger partial charge in [-0.3, -0.25) is 14.6 Å². The van der Waals surface area contributed by atoms with Crippen LogP contribution in [0.5, 0.6) is 0 Å². The molecule has 1 saturated carbocycles. The van der Waals surface area contributed by atoms with Gasteiger partial charge in [0, 0.05) is 30.3 Å². The zero-order chi connectivity index (χ0) is 21.4. The van der Waals surface area contributed by atoms with E-state index in [1.807, 2.05) is 0 Å². The fourth-order valence-electron chi connectivity index (χ4n) is 2.92. The van der Waals surface area contributed by atoms with Crippen LogP contribution in [0.15, 0.2) is 12.3 Å². The van der Waals surface area contributed by atoms with Crippen molar-refractivity contribution in [3.8, 4) is 23.7 Å². The molecule has 9 nitrogen and oxygen atoms in total. The highest BCUT2D eigenvalue weighted by Crippen LogP contribution is 2.30. The number of hydrogen-bond donors (Lipinski definition) is 3. The lowest BCUT2D eigenvalue weighted by molar-refractivity contribution is -0.131. The van der Waals surface area contributed by atoms with Crippen LogP contribution in [0.25, 0.3) is 0 Å². The number of nitrogens with two attached hydrogens (primary N) is 1. The Morgan fingerprint density at radius 3 is 2.60 bits per heavy atom. The highest BCUT2D eigenvalue weighted by atomic mass is 35.5. The predicted molar refractivity (Wildman–Crippen MR) is 111 cm³/mol. The molecule has 3 rings (SSSR count). The Morgan fingerprint density at radius 1 is 1.40 bits per heavy atom. The van der Waals surface area contributed by atoms with E-state index >= 15 is 0 Å². The van der Waals surface area contributed by atoms with Crippen LogP contribution in [0.4, 0.5) is 4.79 Å². The minimum absolute atomic E-state index is 0. The highest BCUT2D eigenvalue weighted by Gasteiger charge is 2.44. The average molecular weight is 455 g/mol. The summed E-state index contributed by atoms with van der Waals surface area (Å²) in [5.74, 6) is 10.2. The van der Waals surface area contributed by atoms with Gasteiger partial charge < -0.3 is 10.6 Å². The van der Waals surface area contributed by atoms with Gasteiger partial charge in [-0.25, -0.2) is 18.7 Å². The van der Waals surface area contributed by atoms with Crippen LogP contribution < -0.4 is 11.2 Å². The zero-order valence-corrected chi connectivity index (χ0v) is 18.2. The van der Waals surface area contributed by atoms with Crippen LogP contribution in [0, 0.1) is 23.7 Å². The van der Waals surface area contributed by atoms with E-state index < -0.39 is 20.5 Å². The maximum atomic E-state index is 12.6. The normalized spacial score (nSPS) is 18.0. The molecule has 0 bridgehead atoms. The molecule has 2 aliphatic rings. The van der Waals surface area contributed by atoms with Gasteiger partial charge in [0.1, 0.15) is 0 Å². The van der Waals surface area contributed by atoms with E-state index in [0.29, 0.717) is 11.3 Å². The minimum atomic E-state index is -3.82. The molecule has 1 aromatic heterocycles. The molecule has 11 heteroatoms. The second-order valence-electron chi connectivity index (χ2n) is 7.64. The second-order valence-corrected chi connectivity index (χ2v) is 10.1. The number of carbonyl (C=O) groups excluding carboxylic acids is 2. The number of fused-ring (bicyclic) bond motifs is 1. The summed E-state index contributed by atoms with van der Waals surface area (Å²) in [6.07, 6.45) is 4.12. The third-order valence-electron chi connectivity index (χ3n) is 5.36. The Hall–Kier alpha value is -2.50. The first-order chi connectivity index (χ1) is 13.5. The molecular formula is C19H23ClN4O5S. The Labute approximate surface area is 181 Å². The number of rotatable bonds is 5. The molecule has 162 valence electrons. The number of carbonyl (C=O) groups is 2. The minimum Gasteiger partial charge on any atom is -0.318 e. The molecule has 2 amide bonds. The number of nitrogens with zero attached hydrogens (tertiary/aromatic N) is 2. The van der Waals surface area contributed by atoms with Crippen LogP contribution in [0.3, 0.4) is 0 Å². The third-order valence-corrected chi connectivity index (χ3v) is 7.38. The highest BCUT2D eigenvalue weighted by molar-refractivity contribution is 7.92. The van der Waals surface area contributed by atoms with Gasteiger partial charge in [0.2, 0.25) is 0 Å². The molecule has 2 heterocycles. The van der Waals surface area contributed by atoms with Crippen molar-refractivity contribution in [2.75, 3.05) is 12.8 Å². The van der Waals surface area contributed by atoms with Crippen LogP contribution >= 0.6 is 12.4 Å². The summed E-state index contributed by atoms with van der Waals surface area (Å²) < 4.78 is 23.6. The van der Waals surface area contributed by atoms with E-state index in [9.17, 15) is 18.0 Å². The van der Waals surface area contributed by atoms with Crippen LogP contribution in [0.1, 0.15) is 37.4 Å². The number of amides is 2. The van der Waals surface area contributed by atoms with Gasteiger partial charge in [-0.1, -0.05) is 11.8 Å². The monoisotopic (exact) mass is 454 g/mol. The molecule has 1 fully saturated rings. The van der Waals surface area contributed by atoms with Crippen molar-refractivity contribution < 1.29 is 23.2 Å². The second kappa shape index (κ2) is 8.32. The smallest absolute Gasteiger partial charge is 0.318 e. The molecule has 0 aromatic carbocycles. The van der Waals surface area contributed by atoms with E-state index in [0.717, 1.165) is 19.1 Å². The summed E-state index contributed by atoms with van der Waals surface area (Å²) in [5, 5.41) is 8.88. The third kappa shape index (κ3) is 4.63. The fraction of sp³-hybridized carbons (Fsp3) is 0.474. The van der Waals surface area contributed by atoms with Gasteiger partial charge in [-0.2, -0.15) is 0 Å². The van der Waals surface area contributed by atoms with Crippen LogP contribution in [0.2, 0.25) is 0 Å². The summed E-state index contributed by atoms with van der Waals surface area (Å²) >= 11 is 0. The summed E-state index contributed by atoms with van der Waals surface area (Å²) in [6.45, 7) is 1.51. The van der Waals surface area contributed by atoms with Crippen molar-refractivity contribution in [3.63, 3.8) is 0 Å². The maximum absolute atomic E-state index is 12.6. The van der Waals surface area contributed by atoms with Crippen molar-refractivity contribution in [1.82, 2.24) is 14.9 Å². The molecule has 1 aliphatic heterocycles. The number of aromatic nitrogens is 1. The SMILES string of the molecule is CC(CCN1Cc2cc(C#CC#CC3(N)CC3)cn2C1=O)(C(=O)NO)S(C)(=O)=O.Cl. The zero-order valence-electron chi connectivity index (χ0n) is 16.6. The molecule has 0 saturated heterocycles. The lowest BCUT2D eigenvalue weighted by Crippen LogP contribution is -2.50. The largest absolute Gasteiger partial charge is 0.328 e. The molecule has 0 spiro atoms. The molecule has 1 aromatic rings. The summed E-state index contributed by atoms with van der Waals surface area (Å²) in [4.78, 5) is 25.9. The average Bonchev–Trinajstić information content (AvgIpc) is 3.14. The van der Waals surface area contributed by atoms with Crippen molar-refractivity contribution in [1.29, 1.82) is 0 Å². The predicted octanol–water partition coefficient (Wildman–Crippen LogP) is 0.239. The van der Waals surface area contributed by atoms with Crippen LogP contribution in [-0.4, -0.2) is 58.1 Å². The van der Waals surface area contributed by atoms with E-state index in [2.05, 4.69) is 23.7 Å². The first-order valence-corrected chi connectivity index (χ1v) is 10.8. The van der Waals surface area contributed by atoms with E-state index in [-0.39, 0.29) is 43.5 Å². The van der Waals surface area contributed by atoms with Gasteiger partial charge in [-0.15, -0.1) is 12.4 Å². The summed E-state index contributed by atoms with van der Waals surface area (Å²) in [7, 11) is -3.82. The number of sulfone groups is 1. The van der Waals surface area contributed by atoms with Crippen LogP contribution in [-0.2, 0) is 21.2 Å². The first-order valence-electron chi connectivity index (χ1n) is 8.96. The molecule has 4 N–H and O–H groups in total. The fourth-order valence-corrected chi connectivity index (χ4v) is 3.76. The van der Waals surface area contributed by atoms with E-state index in [1.165, 1.54) is 21.9 Å². The Kier molecular flexibility index (Phi) is 6.60. The van der Waals surface area contributed by atoms with Crippen molar-refractivity contribution in [2.24, 2.45) is 5.73 Å². The van der Waals surface area contributed by atoms with Crippen molar-refractivity contribution in [3.05, 3.63) is 23.5 Å². The quantitative estimate of drug-likeness (QED) is 0.331. The molecule has 0 radical (unpaired) electrons. The topological polar surface area (TPSA) is 135 Å². The van der Waals surface area contributed by atoms with Gasteiger partial charge in [0.15, 0.2) is 14.6 Å². The molecule has 30 heavy (non-hydrogen) atoms. The number of halogens is 1. The maximum Gasteiger partial charge on any atom is 0.328 e. The van der Waals surface area contributed by atoms with Gasteiger partial charge in [-0.05, 0) is 44.1 Å². The lowest BCUT2D eigenvalue weighted by atomic mass is 10.1. The standard InChI is InChI=1S/C19H22N4O5S.ClH/c1-18(16(24)21-26,29(2,27)28)9-10-22-13-15-11-14(12-23(15)17(22)25)5-3-4-6-19(20)7-8-19;/h11-12,26H,7-10,13,20H2,1-2H3,(H,21,24);1H. The summed E-state index contributed by atoms with van der Waals surface area (Å²) in [6, 6.07) is 1.43. The van der Waals surface area contributed by atoms with E-state index in [1.54, 1.807) is 12.3 Å². The number of nitrogens with one attached hydrogen (secondary N) is 1. The Morgan fingerprint density at radius 2 is 2.07 bits per heavy atom. The van der Waals surface area contributed by atoms with E-state index in [4.69, 9.17) is 10.9 Å². The summed E-state index contributed by atoms with van der Waals surface area (Å²) in [5.41, 5.74) is 8.22. The molecule has 1 unspecified atom stereocenters. The number of hydroxylamine groups is 1. The van der Waals surface area contributed by atoms with Crippen molar-refractivity contribution >= 4 is 34.2 Å². The molecule has 1 atom stereocenters. The number of hydrogen-bond acceptors (Lipinski definition) is 6. The van der Waals surface area contributed by atoms with Gasteiger partial charge >= 0.3 is 6.03 Å². The Bertz CT molecular complexity index is 1100. The first kappa shape index (κ1) is 23.8.